The van der Waals surface area contributed by atoms with Gasteiger partial charge in [0, 0.05) is 30.7 Å². The van der Waals surface area contributed by atoms with E-state index >= 15 is 0 Å². The van der Waals surface area contributed by atoms with Crippen LogP contribution in [0.2, 0.25) is 0 Å². The molecule has 3 aromatic rings. The molecular formula is C23H18FN3O. The molecule has 2 aliphatic rings. The molecule has 3 aromatic carbocycles. The van der Waals surface area contributed by atoms with Crippen molar-refractivity contribution in [3.05, 3.63) is 89.2 Å². The van der Waals surface area contributed by atoms with E-state index < -0.39 is 5.92 Å². The first-order valence-electron chi connectivity index (χ1n) is 9.24. The molecule has 0 bridgehead atoms. The third-order valence-corrected chi connectivity index (χ3v) is 5.32. The summed E-state index contributed by atoms with van der Waals surface area (Å²) in [6.07, 6.45) is 1.62. The Morgan fingerprint density at radius 2 is 1.71 bits per heavy atom. The van der Waals surface area contributed by atoms with Gasteiger partial charge in [0.2, 0.25) is 5.91 Å². The van der Waals surface area contributed by atoms with E-state index in [4.69, 9.17) is 0 Å². The zero-order chi connectivity index (χ0) is 19.1. The summed E-state index contributed by atoms with van der Waals surface area (Å²) in [7, 11) is 0. The van der Waals surface area contributed by atoms with E-state index in [-0.39, 0.29) is 11.7 Å². The molecule has 0 radical (unpaired) electrons. The Labute approximate surface area is 162 Å². The summed E-state index contributed by atoms with van der Waals surface area (Å²) in [5.41, 5.74) is 5.93. The van der Waals surface area contributed by atoms with Gasteiger partial charge in [0.25, 0.3) is 0 Å². The number of benzene rings is 3. The van der Waals surface area contributed by atoms with Crippen LogP contribution in [0.5, 0.6) is 0 Å². The van der Waals surface area contributed by atoms with Gasteiger partial charge in [0.1, 0.15) is 11.7 Å². The molecule has 5 heteroatoms. The molecule has 0 aliphatic carbocycles. The number of aliphatic imine (C=N–C) groups is 1. The van der Waals surface area contributed by atoms with Crippen LogP contribution < -0.4 is 10.2 Å². The lowest BCUT2D eigenvalue weighted by Crippen LogP contribution is -2.14. The Morgan fingerprint density at radius 3 is 2.43 bits per heavy atom. The number of nitrogens with one attached hydrogen (secondary N) is 1. The fourth-order valence-electron chi connectivity index (χ4n) is 3.83. The van der Waals surface area contributed by atoms with Gasteiger partial charge in [0.05, 0.1) is 5.69 Å². The number of carbonyl (C=O) groups is 1. The number of nitrogens with zero attached hydrogens (tertiary/aromatic N) is 2. The van der Waals surface area contributed by atoms with Gasteiger partial charge in [-0.15, -0.1) is 0 Å². The normalized spacial score (nSPS) is 17.7. The predicted octanol–water partition coefficient (Wildman–Crippen LogP) is 4.78. The summed E-state index contributed by atoms with van der Waals surface area (Å²) in [4.78, 5) is 19.0. The summed E-state index contributed by atoms with van der Waals surface area (Å²) in [5.74, 6) is -1.05. The van der Waals surface area contributed by atoms with Crippen molar-refractivity contribution in [2.45, 2.75) is 19.0 Å². The number of halogens is 1. The van der Waals surface area contributed by atoms with Gasteiger partial charge in [-0.1, -0.05) is 30.3 Å². The van der Waals surface area contributed by atoms with Crippen molar-refractivity contribution in [3.8, 4) is 0 Å². The quantitative estimate of drug-likeness (QED) is 0.673. The maximum absolute atomic E-state index is 13.3. The van der Waals surface area contributed by atoms with Gasteiger partial charge in [-0.2, -0.15) is 0 Å². The minimum absolute atomic E-state index is 0.184. The lowest BCUT2D eigenvalue weighted by Gasteiger charge is -2.17. The summed E-state index contributed by atoms with van der Waals surface area (Å²) >= 11 is 0. The van der Waals surface area contributed by atoms with E-state index in [9.17, 15) is 9.18 Å². The summed E-state index contributed by atoms with van der Waals surface area (Å²) in [5, 5.41) is 2.70. The minimum Gasteiger partial charge on any atom is -0.363 e. The molecule has 2 aliphatic heterocycles. The Bertz CT molecular complexity index is 1070. The Hall–Kier alpha value is -3.47. The average molecular weight is 371 g/mol. The van der Waals surface area contributed by atoms with Crippen molar-refractivity contribution < 1.29 is 9.18 Å². The van der Waals surface area contributed by atoms with Crippen LogP contribution in [0.4, 0.5) is 21.5 Å². The lowest BCUT2D eigenvalue weighted by atomic mass is 10.0. The second-order valence-corrected chi connectivity index (χ2v) is 7.12. The monoisotopic (exact) mass is 371 g/mol. The number of carbonyl (C=O) groups excluding carboxylic acids is 1. The van der Waals surface area contributed by atoms with Gasteiger partial charge in [0.15, 0.2) is 0 Å². The van der Waals surface area contributed by atoms with Crippen molar-refractivity contribution in [2.24, 2.45) is 4.99 Å². The van der Waals surface area contributed by atoms with Crippen molar-refractivity contribution in [2.75, 3.05) is 10.2 Å². The molecule has 0 aromatic heterocycles. The molecule has 28 heavy (non-hydrogen) atoms. The molecule has 4 nitrogen and oxygen atoms in total. The fourth-order valence-corrected chi connectivity index (χ4v) is 3.83. The second-order valence-electron chi connectivity index (χ2n) is 7.12. The first-order valence-corrected chi connectivity index (χ1v) is 9.24. The van der Waals surface area contributed by atoms with Gasteiger partial charge >= 0.3 is 0 Å². The number of hydrogen-bond acceptors (Lipinski definition) is 3. The smallest absolute Gasteiger partial charge is 0.237 e. The van der Waals surface area contributed by atoms with Crippen LogP contribution in [0.15, 0.2) is 71.7 Å². The zero-order valence-corrected chi connectivity index (χ0v) is 15.1. The summed E-state index contributed by atoms with van der Waals surface area (Å²) in [6.45, 7) is 1.82. The molecule has 2 heterocycles. The standard InChI is InChI=1S/C23H18FN3O/c24-17-5-10-20-21(23(28)26-22(20)11-17)12-25-18-6-8-19(9-7-18)27-13-15-3-1-2-4-16(15)14-27/h1-12,21H,13-14H2,(H,26,28). The lowest BCUT2D eigenvalue weighted by molar-refractivity contribution is -0.115. The van der Waals surface area contributed by atoms with Crippen LogP contribution in [-0.2, 0) is 17.9 Å². The number of amides is 1. The van der Waals surface area contributed by atoms with Crippen LogP contribution in [-0.4, -0.2) is 12.1 Å². The third kappa shape index (κ3) is 2.95. The molecule has 1 N–H and O–H groups in total. The van der Waals surface area contributed by atoms with Crippen LogP contribution >= 0.6 is 0 Å². The molecule has 5 rings (SSSR count). The van der Waals surface area contributed by atoms with Crippen molar-refractivity contribution in [1.82, 2.24) is 0 Å². The molecule has 1 atom stereocenters. The molecule has 1 amide bonds. The topological polar surface area (TPSA) is 44.7 Å². The maximum Gasteiger partial charge on any atom is 0.237 e. The van der Waals surface area contributed by atoms with E-state index in [1.807, 2.05) is 12.1 Å². The number of rotatable bonds is 3. The highest BCUT2D eigenvalue weighted by Crippen LogP contribution is 2.33. The molecule has 0 saturated heterocycles. The Kier molecular flexibility index (Phi) is 3.93. The highest BCUT2D eigenvalue weighted by molar-refractivity contribution is 6.12. The van der Waals surface area contributed by atoms with Gasteiger partial charge in [-0.25, -0.2) is 4.39 Å². The summed E-state index contributed by atoms with van der Waals surface area (Å²) < 4.78 is 13.3. The van der Waals surface area contributed by atoms with Crippen LogP contribution in [0, 0.1) is 5.82 Å². The second kappa shape index (κ2) is 6.60. The Balaban J connectivity index is 1.32. The van der Waals surface area contributed by atoms with E-state index in [1.54, 1.807) is 12.3 Å². The molecule has 138 valence electrons. The molecule has 1 unspecified atom stereocenters. The highest BCUT2D eigenvalue weighted by Gasteiger charge is 2.29. The highest BCUT2D eigenvalue weighted by atomic mass is 19.1. The van der Waals surface area contributed by atoms with Crippen molar-refractivity contribution in [3.63, 3.8) is 0 Å². The van der Waals surface area contributed by atoms with Gasteiger partial charge in [-0.3, -0.25) is 9.79 Å². The largest absolute Gasteiger partial charge is 0.363 e. The third-order valence-electron chi connectivity index (χ3n) is 5.32. The van der Waals surface area contributed by atoms with Crippen molar-refractivity contribution >= 4 is 29.2 Å². The maximum atomic E-state index is 13.3. The van der Waals surface area contributed by atoms with E-state index in [2.05, 4.69) is 51.6 Å². The number of hydrogen-bond donors (Lipinski definition) is 1. The van der Waals surface area contributed by atoms with E-state index in [0.29, 0.717) is 5.69 Å². The number of fused-ring (bicyclic) bond motifs is 2. The van der Waals surface area contributed by atoms with Crippen LogP contribution in [0.25, 0.3) is 0 Å². The summed E-state index contributed by atoms with van der Waals surface area (Å²) in [6, 6.07) is 20.8. The predicted molar refractivity (Wildman–Crippen MR) is 109 cm³/mol. The first-order chi connectivity index (χ1) is 13.7. The fraction of sp³-hybridized carbons (Fsp3) is 0.130. The minimum atomic E-state index is -0.497. The van der Waals surface area contributed by atoms with Crippen molar-refractivity contribution in [1.29, 1.82) is 0 Å². The van der Waals surface area contributed by atoms with Crippen LogP contribution in [0.1, 0.15) is 22.6 Å². The van der Waals surface area contributed by atoms with E-state index in [1.165, 1.54) is 23.3 Å². The zero-order valence-electron chi connectivity index (χ0n) is 15.1. The van der Waals surface area contributed by atoms with Gasteiger partial charge < -0.3 is 10.2 Å². The SMILES string of the molecule is O=C1Nc2cc(F)ccc2C1C=Nc1ccc(N2Cc3ccccc3C2)cc1. The van der Waals surface area contributed by atoms with Gasteiger partial charge in [-0.05, 0) is 53.1 Å². The molecular weight excluding hydrogens is 353 g/mol. The average Bonchev–Trinajstić information content (AvgIpc) is 3.27. The van der Waals surface area contributed by atoms with E-state index in [0.717, 1.165) is 30.0 Å². The molecule has 0 spiro atoms. The Morgan fingerprint density at radius 1 is 1.00 bits per heavy atom. The number of anilines is 2. The van der Waals surface area contributed by atoms with Crippen LogP contribution in [0.3, 0.4) is 0 Å². The first kappa shape index (κ1) is 16.7. The molecule has 0 saturated carbocycles. The molecule has 0 fully saturated rings.